The average Bonchev–Trinajstić information content (AvgIpc) is 2.33. The summed E-state index contributed by atoms with van der Waals surface area (Å²) >= 11 is 0. The maximum Gasteiger partial charge on any atom is 0.00979 e. The molecule has 2 atom stereocenters. The number of hydrogen-bond acceptors (Lipinski definition) is 1. The van der Waals surface area contributed by atoms with E-state index in [-0.39, 0.29) is 0 Å². The summed E-state index contributed by atoms with van der Waals surface area (Å²) in [5, 5.41) is 0. The van der Waals surface area contributed by atoms with Gasteiger partial charge < -0.3 is 4.90 Å². The molecular weight excluding hydrogens is 194 g/mol. The molecule has 0 spiro atoms. The molecule has 0 unspecified atom stereocenters. The lowest BCUT2D eigenvalue weighted by Crippen LogP contribution is -2.36. The van der Waals surface area contributed by atoms with Gasteiger partial charge in [0.15, 0.2) is 0 Å². The van der Waals surface area contributed by atoms with Crippen molar-refractivity contribution >= 4 is 0 Å². The molecule has 0 N–H and O–H groups in total. The third-order valence-corrected chi connectivity index (χ3v) is 3.92. The molecule has 16 heavy (non-hydrogen) atoms. The highest BCUT2D eigenvalue weighted by Crippen LogP contribution is 2.26. The van der Waals surface area contributed by atoms with Gasteiger partial charge in [0.2, 0.25) is 0 Å². The summed E-state index contributed by atoms with van der Waals surface area (Å²) in [5.41, 5.74) is 1.49. The molecule has 1 aromatic carbocycles. The van der Waals surface area contributed by atoms with Crippen molar-refractivity contribution < 1.29 is 0 Å². The molecule has 0 saturated carbocycles. The Balaban J connectivity index is 1.94. The van der Waals surface area contributed by atoms with Crippen LogP contribution in [-0.4, -0.2) is 24.5 Å². The van der Waals surface area contributed by atoms with Crippen molar-refractivity contribution in [3.05, 3.63) is 35.9 Å². The highest BCUT2D eigenvalue weighted by Gasteiger charge is 2.21. The van der Waals surface area contributed by atoms with E-state index in [0.717, 1.165) is 6.04 Å². The Morgan fingerprint density at radius 3 is 2.69 bits per heavy atom. The molecule has 1 nitrogen and oxygen atoms in total. The van der Waals surface area contributed by atoms with E-state index in [1.807, 2.05) is 0 Å². The van der Waals surface area contributed by atoms with Gasteiger partial charge in [0.05, 0.1) is 0 Å². The van der Waals surface area contributed by atoms with Crippen molar-refractivity contribution in [2.45, 2.75) is 44.6 Å². The Hall–Kier alpha value is -0.820. The molecule has 0 radical (unpaired) electrons. The van der Waals surface area contributed by atoms with Gasteiger partial charge in [-0.05, 0) is 44.3 Å². The van der Waals surface area contributed by atoms with Crippen molar-refractivity contribution in [1.82, 2.24) is 4.90 Å². The van der Waals surface area contributed by atoms with Crippen molar-refractivity contribution in [2.75, 3.05) is 13.6 Å². The smallest absolute Gasteiger partial charge is 0.00979 e. The Labute approximate surface area is 99.5 Å². The van der Waals surface area contributed by atoms with Crippen LogP contribution in [0, 0.1) is 0 Å². The topological polar surface area (TPSA) is 3.24 Å². The minimum atomic E-state index is 0.687. The molecule has 1 aliphatic rings. The zero-order chi connectivity index (χ0) is 11.4. The van der Waals surface area contributed by atoms with Gasteiger partial charge in [-0.2, -0.15) is 0 Å². The van der Waals surface area contributed by atoms with Crippen LogP contribution in [0.4, 0.5) is 0 Å². The summed E-state index contributed by atoms with van der Waals surface area (Å²) in [6.07, 6.45) is 5.48. The molecule has 1 saturated heterocycles. The standard InChI is InChI=1S/C15H23N/c1-13(14-8-4-3-5-9-14)12-15-10-6-7-11-16(15)2/h3-5,8-9,13,15H,6-7,10-12H2,1-2H3/t13-,15+/m1/s1. The molecule has 1 aromatic rings. The zero-order valence-corrected chi connectivity index (χ0v) is 10.5. The van der Waals surface area contributed by atoms with Gasteiger partial charge >= 0.3 is 0 Å². The van der Waals surface area contributed by atoms with E-state index in [0.29, 0.717) is 5.92 Å². The van der Waals surface area contributed by atoms with Gasteiger partial charge in [0.25, 0.3) is 0 Å². The third kappa shape index (κ3) is 2.85. The van der Waals surface area contributed by atoms with Gasteiger partial charge in [-0.1, -0.05) is 43.7 Å². The second kappa shape index (κ2) is 5.49. The lowest BCUT2D eigenvalue weighted by molar-refractivity contribution is 0.170. The van der Waals surface area contributed by atoms with Crippen LogP contribution < -0.4 is 0 Å². The van der Waals surface area contributed by atoms with Crippen LogP contribution >= 0.6 is 0 Å². The molecular formula is C15H23N. The molecule has 1 heteroatoms. The van der Waals surface area contributed by atoms with Gasteiger partial charge in [0.1, 0.15) is 0 Å². The number of piperidine rings is 1. The van der Waals surface area contributed by atoms with E-state index in [9.17, 15) is 0 Å². The summed E-state index contributed by atoms with van der Waals surface area (Å²) in [6.45, 7) is 3.64. The van der Waals surface area contributed by atoms with E-state index in [2.05, 4.69) is 49.2 Å². The van der Waals surface area contributed by atoms with Crippen LogP contribution in [0.15, 0.2) is 30.3 Å². The molecule has 1 fully saturated rings. The fraction of sp³-hybridized carbons (Fsp3) is 0.600. The van der Waals surface area contributed by atoms with E-state index < -0.39 is 0 Å². The lowest BCUT2D eigenvalue weighted by Gasteiger charge is -2.34. The van der Waals surface area contributed by atoms with Crippen molar-refractivity contribution in [1.29, 1.82) is 0 Å². The highest BCUT2D eigenvalue weighted by atomic mass is 15.1. The van der Waals surface area contributed by atoms with Crippen molar-refractivity contribution in [2.24, 2.45) is 0 Å². The first-order valence-corrected chi connectivity index (χ1v) is 6.52. The van der Waals surface area contributed by atoms with Crippen molar-refractivity contribution in [3.63, 3.8) is 0 Å². The van der Waals surface area contributed by atoms with E-state index in [1.165, 1.54) is 37.8 Å². The summed E-state index contributed by atoms with van der Waals surface area (Å²) < 4.78 is 0. The summed E-state index contributed by atoms with van der Waals surface area (Å²) in [4.78, 5) is 2.54. The van der Waals surface area contributed by atoms with Crippen LogP contribution in [0.1, 0.15) is 44.1 Å². The molecule has 0 aliphatic carbocycles. The average molecular weight is 217 g/mol. The first-order chi connectivity index (χ1) is 7.77. The highest BCUT2D eigenvalue weighted by molar-refractivity contribution is 5.18. The largest absolute Gasteiger partial charge is 0.303 e. The number of rotatable bonds is 3. The summed E-state index contributed by atoms with van der Waals surface area (Å²) in [6, 6.07) is 11.7. The maximum atomic E-state index is 2.54. The summed E-state index contributed by atoms with van der Waals surface area (Å²) in [7, 11) is 2.28. The minimum absolute atomic E-state index is 0.687. The van der Waals surface area contributed by atoms with Crippen molar-refractivity contribution in [3.8, 4) is 0 Å². The molecule has 2 rings (SSSR count). The SMILES string of the molecule is C[C@H](C[C@@H]1CCCCN1C)c1ccccc1. The van der Waals surface area contributed by atoms with Crippen LogP contribution in [0.5, 0.6) is 0 Å². The molecule has 0 amide bonds. The van der Waals surface area contributed by atoms with Crippen LogP contribution in [-0.2, 0) is 0 Å². The molecule has 0 aromatic heterocycles. The second-order valence-corrected chi connectivity index (χ2v) is 5.18. The normalized spacial score (nSPS) is 24.2. The zero-order valence-electron chi connectivity index (χ0n) is 10.5. The molecule has 0 bridgehead atoms. The summed E-state index contributed by atoms with van der Waals surface area (Å²) in [5.74, 6) is 0.687. The van der Waals surface area contributed by atoms with Crippen LogP contribution in [0.2, 0.25) is 0 Å². The first-order valence-electron chi connectivity index (χ1n) is 6.52. The Bertz CT molecular complexity index is 306. The van der Waals surface area contributed by atoms with E-state index in [4.69, 9.17) is 0 Å². The first kappa shape index (κ1) is 11.7. The van der Waals surface area contributed by atoms with E-state index >= 15 is 0 Å². The number of benzene rings is 1. The molecule has 1 heterocycles. The molecule has 1 aliphatic heterocycles. The fourth-order valence-corrected chi connectivity index (χ4v) is 2.77. The number of nitrogens with zero attached hydrogens (tertiary/aromatic N) is 1. The third-order valence-electron chi connectivity index (χ3n) is 3.92. The van der Waals surface area contributed by atoms with Gasteiger partial charge in [-0.25, -0.2) is 0 Å². The maximum absolute atomic E-state index is 2.54. The lowest BCUT2D eigenvalue weighted by atomic mass is 9.89. The Kier molecular flexibility index (Phi) is 4.00. The Morgan fingerprint density at radius 2 is 2.00 bits per heavy atom. The number of hydrogen-bond donors (Lipinski definition) is 0. The quantitative estimate of drug-likeness (QED) is 0.747. The van der Waals surface area contributed by atoms with Crippen LogP contribution in [0.25, 0.3) is 0 Å². The Morgan fingerprint density at radius 1 is 1.25 bits per heavy atom. The fourth-order valence-electron chi connectivity index (χ4n) is 2.77. The predicted molar refractivity (Wildman–Crippen MR) is 69.7 cm³/mol. The van der Waals surface area contributed by atoms with E-state index in [1.54, 1.807) is 0 Å². The van der Waals surface area contributed by atoms with Gasteiger partial charge in [-0.15, -0.1) is 0 Å². The van der Waals surface area contributed by atoms with Gasteiger partial charge in [0, 0.05) is 6.04 Å². The number of likely N-dealkylation sites (tertiary alicyclic amines) is 1. The van der Waals surface area contributed by atoms with Gasteiger partial charge in [-0.3, -0.25) is 0 Å². The minimum Gasteiger partial charge on any atom is -0.303 e. The monoisotopic (exact) mass is 217 g/mol. The van der Waals surface area contributed by atoms with Crippen LogP contribution in [0.3, 0.4) is 0 Å². The second-order valence-electron chi connectivity index (χ2n) is 5.18. The molecule has 88 valence electrons. The predicted octanol–water partition coefficient (Wildman–Crippen LogP) is 3.66.